The molecule has 0 atom stereocenters. The Kier molecular flexibility index (Phi) is 6.45. The number of aromatic nitrogens is 2. The highest BCUT2D eigenvalue weighted by atomic mass is 16.5. The average Bonchev–Trinajstić information content (AvgIpc) is 3.24. The molecular formula is C29H29N3O2. The number of rotatable bonds is 9. The highest BCUT2D eigenvalue weighted by Crippen LogP contribution is 2.41. The number of nitrogens with zero attached hydrogens (tertiary/aromatic N) is 1. The van der Waals surface area contributed by atoms with Crippen molar-refractivity contribution < 1.29 is 9.47 Å². The third-order valence-electron chi connectivity index (χ3n) is 6.22. The Labute approximate surface area is 199 Å². The molecule has 0 aliphatic heterocycles. The second kappa shape index (κ2) is 9.98. The first-order chi connectivity index (χ1) is 16.8. The molecule has 0 radical (unpaired) electrons. The highest BCUT2D eigenvalue weighted by Gasteiger charge is 2.19. The van der Waals surface area contributed by atoms with Crippen LogP contribution in [0.4, 0.5) is 0 Å². The van der Waals surface area contributed by atoms with Gasteiger partial charge in [0.05, 0.1) is 18.3 Å². The van der Waals surface area contributed by atoms with Crippen molar-refractivity contribution in [1.29, 1.82) is 0 Å². The van der Waals surface area contributed by atoms with Crippen LogP contribution < -0.4 is 15.2 Å². The van der Waals surface area contributed by atoms with Crippen LogP contribution in [0.5, 0.6) is 11.5 Å². The maximum atomic E-state index is 6.14. The van der Waals surface area contributed by atoms with Gasteiger partial charge in [-0.3, -0.25) is 4.98 Å². The quantitative estimate of drug-likeness (QED) is 0.260. The highest BCUT2D eigenvalue weighted by molar-refractivity contribution is 6.02. The van der Waals surface area contributed by atoms with Crippen LogP contribution in [0.3, 0.4) is 0 Å². The van der Waals surface area contributed by atoms with Crippen LogP contribution in [-0.4, -0.2) is 23.6 Å². The molecule has 5 rings (SSSR count). The molecule has 0 aliphatic carbocycles. The van der Waals surface area contributed by atoms with E-state index >= 15 is 0 Å². The smallest absolute Gasteiger partial charge is 0.128 e. The lowest BCUT2D eigenvalue weighted by Crippen LogP contribution is -2.00. The average molecular weight is 452 g/mol. The molecule has 0 amide bonds. The van der Waals surface area contributed by atoms with Crippen molar-refractivity contribution in [1.82, 2.24) is 9.97 Å². The fourth-order valence-corrected chi connectivity index (χ4v) is 4.54. The Morgan fingerprint density at radius 2 is 1.79 bits per heavy atom. The molecule has 0 aliphatic rings. The molecule has 0 unspecified atom stereocenters. The standard InChI is InChI=1S/C29H29N3O2/c1-33-27-15-14-25-23(11-7-17-31-25)28(27)29-22(10-5-6-16-30)24-18-21(12-13-26(24)32-29)34-19-20-8-3-2-4-9-20/h2-4,7-9,11-15,17-18,32H,5-6,10,16,19,30H2,1H3. The Balaban J connectivity index is 1.62. The number of H-pyrrole nitrogens is 1. The van der Waals surface area contributed by atoms with E-state index in [9.17, 15) is 0 Å². The SMILES string of the molecule is COc1ccc2ncccc2c1-c1[nH]c2ccc(OCc3ccccc3)cc2c1CCCCN. The molecule has 3 aromatic carbocycles. The van der Waals surface area contributed by atoms with Crippen molar-refractivity contribution in [2.45, 2.75) is 25.9 Å². The summed E-state index contributed by atoms with van der Waals surface area (Å²) in [6.45, 7) is 1.22. The molecule has 0 fully saturated rings. The minimum atomic E-state index is 0.537. The van der Waals surface area contributed by atoms with Gasteiger partial charge >= 0.3 is 0 Å². The first-order valence-electron chi connectivity index (χ1n) is 11.7. The van der Waals surface area contributed by atoms with Gasteiger partial charge in [0, 0.05) is 28.0 Å². The zero-order chi connectivity index (χ0) is 23.3. The Morgan fingerprint density at radius 3 is 2.62 bits per heavy atom. The number of hydrogen-bond acceptors (Lipinski definition) is 4. The van der Waals surface area contributed by atoms with Crippen molar-refractivity contribution in [2.75, 3.05) is 13.7 Å². The third kappa shape index (κ3) is 4.35. The summed E-state index contributed by atoms with van der Waals surface area (Å²) in [7, 11) is 1.72. The number of nitrogens with one attached hydrogen (secondary N) is 1. The number of aryl methyl sites for hydroxylation is 1. The predicted octanol–water partition coefficient (Wildman–Crippen LogP) is 6.25. The van der Waals surface area contributed by atoms with E-state index < -0.39 is 0 Å². The van der Waals surface area contributed by atoms with Gasteiger partial charge in [-0.1, -0.05) is 36.4 Å². The Morgan fingerprint density at radius 1 is 0.912 bits per heavy atom. The van der Waals surface area contributed by atoms with Crippen molar-refractivity contribution in [3.05, 3.63) is 90.1 Å². The number of hydrogen-bond donors (Lipinski definition) is 2. The Hall–Kier alpha value is -3.83. The summed E-state index contributed by atoms with van der Waals surface area (Å²) in [5.41, 5.74) is 12.3. The van der Waals surface area contributed by atoms with Crippen molar-refractivity contribution in [3.63, 3.8) is 0 Å². The van der Waals surface area contributed by atoms with Crippen LogP contribution in [0, 0.1) is 0 Å². The number of unbranched alkanes of at least 4 members (excludes halogenated alkanes) is 1. The first-order valence-corrected chi connectivity index (χ1v) is 11.7. The van der Waals surface area contributed by atoms with E-state index in [1.54, 1.807) is 7.11 Å². The summed E-state index contributed by atoms with van der Waals surface area (Å²) >= 11 is 0. The normalized spacial score (nSPS) is 11.2. The molecule has 172 valence electrons. The summed E-state index contributed by atoms with van der Waals surface area (Å²) in [4.78, 5) is 8.24. The molecule has 34 heavy (non-hydrogen) atoms. The Bertz CT molecular complexity index is 1410. The minimum Gasteiger partial charge on any atom is -0.496 e. The van der Waals surface area contributed by atoms with E-state index in [1.165, 1.54) is 10.9 Å². The topological polar surface area (TPSA) is 73.2 Å². The summed E-state index contributed by atoms with van der Waals surface area (Å²) in [6.07, 6.45) is 4.72. The largest absolute Gasteiger partial charge is 0.496 e. The van der Waals surface area contributed by atoms with Gasteiger partial charge in [0.25, 0.3) is 0 Å². The summed E-state index contributed by atoms with van der Waals surface area (Å²) < 4.78 is 11.9. The van der Waals surface area contributed by atoms with Crippen LogP contribution in [0.2, 0.25) is 0 Å². The lowest BCUT2D eigenvalue weighted by atomic mass is 9.97. The number of fused-ring (bicyclic) bond motifs is 2. The van der Waals surface area contributed by atoms with Crippen LogP contribution in [0.15, 0.2) is 79.0 Å². The first kappa shape index (κ1) is 22.0. The van der Waals surface area contributed by atoms with E-state index in [0.717, 1.165) is 64.0 Å². The van der Waals surface area contributed by atoms with Crippen LogP contribution in [0.25, 0.3) is 33.1 Å². The van der Waals surface area contributed by atoms with Crippen molar-refractivity contribution in [2.24, 2.45) is 5.73 Å². The second-order valence-electron chi connectivity index (χ2n) is 8.42. The van der Waals surface area contributed by atoms with E-state index in [2.05, 4.69) is 40.3 Å². The fourth-order valence-electron chi connectivity index (χ4n) is 4.54. The molecule has 0 spiro atoms. The number of ether oxygens (including phenoxy) is 2. The van der Waals surface area contributed by atoms with Gasteiger partial charge in [0.1, 0.15) is 18.1 Å². The monoisotopic (exact) mass is 451 g/mol. The van der Waals surface area contributed by atoms with E-state index in [0.29, 0.717) is 13.2 Å². The molecule has 5 heteroatoms. The molecule has 2 aromatic heterocycles. The van der Waals surface area contributed by atoms with Crippen LogP contribution >= 0.6 is 0 Å². The third-order valence-corrected chi connectivity index (χ3v) is 6.22. The molecular weight excluding hydrogens is 422 g/mol. The summed E-state index contributed by atoms with van der Waals surface area (Å²) in [5, 5.41) is 2.23. The van der Waals surface area contributed by atoms with Crippen LogP contribution in [0.1, 0.15) is 24.0 Å². The molecule has 0 saturated heterocycles. The van der Waals surface area contributed by atoms with E-state index in [-0.39, 0.29) is 0 Å². The van der Waals surface area contributed by atoms with Gasteiger partial charge in [-0.05, 0) is 73.3 Å². The van der Waals surface area contributed by atoms with Gasteiger partial charge in [-0.15, -0.1) is 0 Å². The van der Waals surface area contributed by atoms with Crippen molar-refractivity contribution in [3.8, 4) is 22.8 Å². The number of aromatic amines is 1. The summed E-state index contributed by atoms with van der Waals surface area (Å²) in [6, 6.07) is 24.6. The van der Waals surface area contributed by atoms with Gasteiger partial charge in [0.15, 0.2) is 0 Å². The lowest BCUT2D eigenvalue weighted by molar-refractivity contribution is 0.306. The van der Waals surface area contributed by atoms with E-state index in [4.69, 9.17) is 15.2 Å². The van der Waals surface area contributed by atoms with Crippen LogP contribution in [-0.2, 0) is 13.0 Å². The maximum Gasteiger partial charge on any atom is 0.128 e. The molecule has 3 N–H and O–H groups in total. The number of benzene rings is 3. The van der Waals surface area contributed by atoms with E-state index in [1.807, 2.05) is 48.7 Å². The molecule has 2 heterocycles. The zero-order valence-corrected chi connectivity index (χ0v) is 19.4. The van der Waals surface area contributed by atoms with Gasteiger partial charge < -0.3 is 20.2 Å². The predicted molar refractivity (Wildman–Crippen MR) is 138 cm³/mol. The molecule has 0 saturated carbocycles. The number of nitrogens with two attached hydrogens (primary N) is 1. The maximum absolute atomic E-state index is 6.14. The van der Waals surface area contributed by atoms with Gasteiger partial charge in [0.2, 0.25) is 0 Å². The molecule has 5 aromatic rings. The van der Waals surface area contributed by atoms with Crippen molar-refractivity contribution >= 4 is 21.8 Å². The number of pyridine rings is 1. The van der Waals surface area contributed by atoms with Gasteiger partial charge in [-0.2, -0.15) is 0 Å². The molecule has 5 nitrogen and oxygen atoms in total. The lowest BCUT2D eigenvalue weighted by Gasteiger charge is -2.13. The van der Waals surface area contributed by atoms with Gasteiger partial charge in [-0.25, -0.2) is 0 Å². The summed E-state index contributed by atoms with van der Waals surface area (Å²) in [5.74, 6) is 1.68. The second-order valence-corrected chi connectivity index (χ2v) is 8.42. The fraction of sp³-hybridized carbons (Fsp3) is 0.207. The minimum absolute atomic E-state index is 0.537. The number of methoxy groups -OCH3 is 1. The zero-order valence-electron chi connectivity index (χ0n) is 19.4. The molecule has 0 bridgehead atoms.